The minimum atomic E-state index is -0.109. The summed E-state index contributed by atoms with van der Waals surface area (Å²) in [6.45, 7) is 4.52. The van der Waals surface area contributed by atoms with Crippen LogP contribution in [0.15, 0.2) is 24.3 Å². The van der Waals surface area contributed by atoms with Crippen LogP contribution in [0.4, 0.5) is 0 Å². The van der Waals surface area contributed by atoms with E-state index in [2.05, 4.69) is 10.6 Å². The second kappa shape index (κ2) is 7.13. The third kappa shape index (κ3) is 3.39. The molecule has 1 aromatic carbocycles. The number of rotatable bonds is 4. The number of hydrogen-bond acceptors (Lipinski definition) is 3. The third-order valence-corrected chi connectivity index (χ3v) is 4.80. The van der Waals surface area contributed by atoms with Gasteiger partial charge in [-0.25, -0.2) is 0 Å². The average molecular weight is 315 g/mol. The van der Waals surface area contributed by atoms with Crippen molar-refractivity contribution < 1.29 is 9.59 Å². The highest BCUT2D eigenvalue weighted by Gasteiger charge is 2.38. The lowest BCUT2D eigenvalue weighted by atomic mass is 10.1. The molecule has 0 saturated carbocycles. The zero-order valence-electron chi connectivity index (χ0n) is 13.7. The Morgan fingerprint density at radius 3 is 2.83 bits per heavy atom. The fourth-order valence-corrected chi connectivity index (χ4v) is 3.60. The van der Waals surface area contributed by atoms with Crippen LogP contribution in [0, 0.1) is 0 Å². The first-order valence-corrected chi connectivity index (χ1v) is 8.62. The summed E-state index contributed by atoms with van der Waals surface area (Å²) in [6, 6.07) is 7.72. The highest BCUT2D eigenvalue weighted by Crippen LogP contribution is 2.29. The van der Waals surface area contributed by atoms with Crippen molar-refractivity contribution in [2.24, 2.45) is 0 Å². The molecule has 2 saturated heterocycles. The summed E-state index contributed by atoms with van der Waals surface area (Å²) in [4.78, 5) is 27.1. The zero-order chi connectivity index (χ0) is 16.2. The second-order valence-electron chi connectivity index (χ2n) is 6.43. The summed E-state index contributed by atoms with van der Waals surface area (Å²) < 4.78 is 0. The molecule has 124 valence electrons. The Balaban J connectivity index is 1.78. The Labute approximate surface area is 137 Å². The average Bonchev–Trinajstić information content (AvgIpc) is 2.84. The number of hydrogen-bond donors (Lipinski definition) is 2. The molecule has 5 heteroatoms. The van der Waals surface area contributed by atoms with E-state index in [1.165, 1.54) is 0 Å². The van der Waals surface area contributed by atoms with Gasteiger partial charge in [0, 0.05) is 36.3 Å². The smallest absolute Gasteiger partial charge is 0.254 e. The molecule has 2 aliphatic rings. The lowest BCUT2D eigenvalue weighted by Gasteiger charge is -2.28. The number of amides is 2. The van der Waals surface area contributed by atoms with Crippen molar-refractivity contribution in [2.45, 2.75) is 44.7 Å². The predicted molar refractivity (Wildman–Crippen MR) is 89.5 cm³/mol. The maximum Gasteiger partial charge on any atom is 0.254 e. The van der Waals surface area contributed by atoms with Crippen LogP contribution in [0.2, 0.25) is 0 Å². The van der Waals surface area contributed by atoms with Crippen molar-refractivity contribution in [3.8, 4) is 0 Å². The van der Waals surface area contributed by atoms with E-state index in [0.717, 1.165) is 38.8 Å². The molecule has 3 rings (SSSR count). The first-order valence-electron chi connectivity index (χ1n) is 8.62. The van der Waals surface area contributed by atoms with Gasteiger partial charge < -0.3 is 15.5 Å². The summed E-state index contributed by atoms with van der Waals surface area (Å²) in [5.41, 5.74) is 1.18. The highest BCUT2D eigenvalue weighted by molar-refractivity contribution is 6.00. The fraction of sp³-hybridized carbons (Fsp3) is 0.556. The molecule has 5 nitrogen and oxygen atoms in total. The second-order valence-corrected chi connectivity index (χ2v) is 6.43. The number of fused-ring (bicyclic) bond motifs is 2. The minimum absolute atomic E-state index is 0.0614. The van der Waals surface area contributed by atoms with Crippen LogP contribution < -0.4 is 10.6 Å². The van der Waals surface area contributed by atoms with Gasteiger partial charge in [-0.3, -0.25) is 9.59 Å². The molecule has 2 amide bonds. The maximum atomic E-state index is 13.0. The summed E-state index contributed by atoms with van der Waals surface area (Å²) in [5.74, 6) is -0.0478. The van der Waals surface area contributed by atoms with E-state index >= 15 is 0 Å². The third-order valence-electron chi connectivity index (χ3n) is 4.80. The van der Waals surface area contributed by atoms with Crippen LogP contribution in [0.25, 0.3) is 0 Å². The first-order chi connectivity index (χ1) is 11.2. The van der Waals surface area contributed by atoms with Gasteiger partial charge in [0.05, 0.1) is 0 Å². The topological polar surface area (TPSA) is 61.4 Å². The van der Waals surface area contributed by atoms with Gasteiger partial charge >= 0.3 is 0 Å². The first kappa shape index (κ1) is 16.0. The maximum absolute atomic E-state index is 13.0. The molecule has 1 aromatic rings. The van der Waals surface area contributed by atoms with Crippen LogP contribution in [0.5, 0.6) is 0 Å². The summed E-state index contributed by atoms with van der Waals surface area (Å²) in [6.07, 6.45) is 4.07. The molecule has 0 radical (unpaired) electrons. The monoisotopic (exact) mass is 315 g/mol. The SMILES string of the molecule is CCCNC(=O)c1cccc(C(=O)N2C3CCNCC2CC3)c1. The molecule has 2 N–H and O–H groups in total. The van der Waals surface area contributed by atoms with E-state index < -0.39 is 0 Å². The standard InChI is InChI=1S/C18H25N3O2/c1-2-9-20-17(22)13-4-3-5-14(11-13)18(23)21-15-6-7-16(21)12-19-10-8-15/h3-5,11,15-16,19H,2,6-10,12H2,1H3,(H,20,22). The zero-order valence-corrected chi connectivity index (χ0v) is 13.7. The van der Waals surface area contributed by atoms with Crippen LogP contribution in [-0.2, 0) is 0 Å². The van der Waals surface area contributed by atoms with Gasteiger partial charge in [0.15, 0.2) is 0 Å². The molecule has 2 bridgehead atoms. The molecule has 23 heavy (non-hydrogen) atoms. The van der Waals surface area contributed by atoms with Crippen LogP contribution in [0.3, 0.4) is 0 Å². The van der Waals surface area contributed by atoms with Crippen molar-refractivity contribution in [3.05, 3.63) is 35.4 Å². The van der Waals surface area contributed by atoms with Crippen molar-refractivity contribution in [1.82, 2.24) is 15.5 Å². The predicted octanol–water partition coefficient (Wildman–Crippen LogP) is 1.79. The van der Waals surface area contributed by atoms with Gasteiger partial charge in [-0.1, -0.05) is 13.0 Å². The molecule has 2 aliphatic heterocycles. The lowest BCUT2D eigenvalue weighted by Crippen LogP contribution is -2.42. The molecule has 2 fully saturated rings. The Hall–Kier alpha value is -1.88. The quantitative estimate of drug-likeness (QED) is 0.890. The van der Waals surface area contributed by atoms with E-state index in [1.54, 1.807) is 18.2 Å². The number of benzene rings is 1. The molecular weight excluding hydrogens is 290 g/mol. The molecule has 2 heterocycles. The van der Waals surface area contributed by atoms with Gasteiger partial charge in [-0.05, 0) is 50.4 Å². The van der Waals surface area contributed by atoms with E-state index in [-0.39, 0.29) is 17.9 Å². The van der Waals surface area contributed by atoms with Gasteiger partial charge in [0.1, 0.15) is 0 Å². The van der Waals surface area contributed by atoms with Gasteiger partial charge in [0.2, 0.25) is 0 Å². The van der Waals surface area contributed by atoms with Crippen LogP contribution in [0.1, 0.15) is 53.3 Å². The number of nitrogens with zero attached hydrogens (tertiary/aromatic N) is 1. The van der Waals surface area contributed by atoms with Crippen molar-refractivity contribution in [3.63, 3.8) is 0 Å². The van der Waals surface area contributed by atoms with Gasteiger partial charge in [-0.15, -0.1) is 0 Å². The fourth-order valence-electron chi connectivity index (χ4n) is 3.60. The van der Waals surface area contributed by atoms with Crippen molar-refractivity contribution in [2.75, 3.05) is 19.6 Å². The Bertz CT molecular complexity index is 573. The van der Waals surface area contributed by atoms with E-state index in [4.69, 9.17) is 0 Å². The summed E-state index contributed by atoms with van der Waals surface area (Å²) in [7, 11) is 0. The molecular formula is C18H25N3O2. The van der Waals surface area contributed by atoms with Crippen molar-refractivity contribution >= 4 is 11.8 Å². The normalized spacial score (nSPS) is 23.4. The molecule has 2 atom stereocenters. The Kier molecular flexibility index (Phi) is 4.96. The van der Waals surface area contributed by atoms with Crippen LogP contribution in [-0.4, -0.2) is 48.4 Å². The molecule has 2 unspecified atom stereocenters. The number of nitrogens with one attached hydrogen (secondary N) is 2. The van der Waals surface area contributed by atoms with E-state index in [0.29, 0.717) is 23.7 Å². The Morgan fingerprint density at radius 2 is 2.00 bits per heavy atom. The van der Waals surface area contributed by atoms with Gasteiger partial charge in [-0.2, -0.15) is 0 Å². The van der Waals surface area contributed by atoms with Crippen molar-refractivity contribution in [1.29, 1.82) is 0 Å². The molecule has 0 aromatic heterocycles. The molecule has 0 aliphatic carbocycles. The van der Waals surface area contributed by atoms with E-state index in [1.807, 2.05) is 17.9 Å². The minimum Gasteiger partial charge on any atom is -0.352 e. The Morgan fingerprint density at radius 1 is 1.22 bits per heavy atom. The van der Waals surface area contributed by atoms with Crippen LogP contribution >= 0.6 is 0 Å². The summed E-state index contributed by atoms with van der Waals surface area (Å²) >= 11 is 0. The number of carbonyl (C=O) groups is 2. The molecule has 0 spiro atoms. The lowest BCUT2D eigenvalue weighted by molar-refractivity contribution is 0.0680. The van der Waals surface area contributed by atoms with Gasteiger partial charge in [0.25, 0.3) is 11.8 Å². The highest BCUT2D eigenvalue weighted by atomic mass is 16.2. The van der Waals surface area contributed by atoms with E-state index in [9.17, 15) is 9.59 Å². The number of carbonyl (C=O) groups excluding carboxylic acids is 2. The largest absolute Gasteiger partial charge is 0.352 e. The summed E-state index contributed by atoms with van der Waals surface area (Å²) in [5, 5.41) is 6.27.